The molecular formula is C17H20N6O2. The molecule has 0 aliphatic carbocycles. The Morgan fingerprint density at radius 1 is 1.24 bits per heavy atom. The van der Waals surface area contributed by atoms with Gasteiger partial charge in [0, 0.05) is 30.5 Å². The number of rotatable bonds is 3. The van der Waals surface area contributed by atoms with Crippen LogP contribution in [0.4, 0.5) is 10.5 Å². The number of nitrogens with one attached hydrogen (secondary N) is 3. The molecule has 2 heterocycles. The first kappa shape index (κ1) is 16.7. The van der Waals surface area contributed by atoms with Crippen LogP contribution in [0.3, 0.4) is 0 Å². The van der Waals surface area contributed by atoms with E-state index < -0.39 is 6.03 Å². The normalized spacial score (nSPS) is 15.0. The van der Waals surface area contributed by atoms with Gasteiger partial charge in [-0.1, -0.05) is 0 Å². The van der Waals surface area contributed by atoms with E-state index in [0.717, 1.165) is 24.6 Å². The first-order chi connectivity index (χ1) is 12.1. The molecule has 0 saturated carbocycles. The number of aromatic amines is 1. The van der Waals surface area contributed by atoms with Gasteiger partial charge in [0.2, 0.25) is 0 Å². The summed E-state index contributed by atoms with van der Waals surface area (Å²) in [5.41, 5.74) is 7.17. The van der Waals surface area contributed by atoms with Crippen LogP contribution in [0.2, 0.25) is 0 Å². The van der Waals surface area contributed by atoms with E-state index in [9.17, 15) is 4.79 Å². The zero-order valence-electron chi connectivity index (χ0n) is 13.7. The number of hydrogen-bond donors (Lipinski definition) is 4. The van der Waals surface area contributed by atoms with Gasteiger partial charge in [-0.2, -0.15) is 0 Å². The quantitative estimate of drug-likeness (QED) is 0.502. The van der Waals surface area contributed by atoms with Gasteiger partial charge in [0.05, 0.1) is 18.9 Å². The van der Waals surface area contributed by atoms with Gasteiger partial charge in [-0.25, -0.2) is 9.79 Å². The maximum Gasteiger partial charge on any atom is 0.316 e. The van der Waals surface area contributed by atoms with Crippen LogP contribution in [0.25, 0.3) is 0 Å². The molecule has 1 aliphatic rings. The molecule has 2 aromatic rings. The highest BCUT2D eigenvalue weighted by molar-refractivity contribution is 6.09. The van der Waals surface area contributed by atoms with Gasteiger partial charge in [-0.15, -0.1) is 0 Å². The number of hydrogen-bond acceptors (Lipinski definition) is 3. The molecule has 130 valence electrons. The van der Waals surface area contributed by atoms with E-state index in [1.165, 1.54) is 0 Å². The van der Waals surface area contributed by atoms with Gasteiger partial charge in [0.1, 0.15) is 0 Å². The lowest BCUT2D eigenvalue weighted by Crippen LogP contribution is -2.41. The van der Waals surface area contributed by atoms with Crippen LogP contribution < -0.4 is 11.1 Å². The van der Waals surface area contributed by atoms with Crippen LogP contribution in [0.15, 0.2) is 47.6 Å². The van der Waals surface area contributed by atoms with Crippen molar-refractivity contribution in [2.24, 2.45) is 10.7 Å². The number of nitrogens with zero attached hydrogens (tertiary/aromatic N) is 2. The highest BCUT2D eigenvalue weighted by Gasteiger charge is 2.18. The lowest BCUT2D eigenvalue weighted by atomic mass is 10.2. The minimum absolute atomic E-state index is 0.140. The topological polar surface area (TPSA) is 120 Å². The standard InChI is InChI=1S/C17H20N6O2/c18-15(12-3-5-13(6-4-12)21-17(19)24)22-16(14-2-1-7-20-14)23-8-10-25-11-9-23/h1-7,18,20H,8-11H2,(H3,19,21,24). The molecule has 0 unspecified atom stereocenters. The van der Waals surface area contributed by atoms with E-state index in [4.69, 9.17) is 15.9 Å². The van der Waals surface area contributed by atoms with Crippen LogP contribution in [-0.4, -0.2) is 53.9 Å². The van der Waals surface area contributed by atoms with E-state index in [-0.39, 0.29) is 5.84 Å². The van der Waals surface area contributed by atoms with Gasteiger partial charge in [0.25, 0.3) is 0 Å². The number of amidine groups is 2. The number of carbonyl (C=O) groups excluding carboxylic acids is 1. The van der Waals surface area contributed by atoms with Gasteiger partial charge in [0.15, 0.2) is 11.7 Å². The molecule has 8 heteroatoms. The Hall–Kier alpha value is -3.13. The first-order valence-electron chi connectivity index (χ1n) is 7.94. The Bertz CT molecular complexity index is 761. The number of aliphatic imine (C=N–C) groups is 1. The van der Waals surface area contributed by atoms with Crippen LogP contribution >= 0.6 is 0 Å². The summed E-state index contributed by atoms with van der Waals surface area (Å²) in [5.74, 6) is 0.861. The predicted octanol–water partition coefficient (Wildman–Crippen LogP) is 1.61. The highest BCUT2D eigenvalue weighted by Crippen LogP contribution is 2.13. The third-order valence-corrected chi connectivity index (χ3v) is 3.79. The lowest BCUT2D eigenvalue weighted by molar-refractivity contribution is 0.0682. The third-order valence-electron chi connectivity index (χ3n) is 3.79. The zero-order valence-corrected chi connectivity index (χ0v) is 13.7. The number of carbonyl (C=O) groups is 1. The number of urea groups is 1. The largest absolute Gasteiger partial charge is 0.378 e. The average molecular weight is 340 g/mol. The fraction of sp³-hybridized carbons (Fsp3) is 0.235. The number of H-pyrrole nitrogens is 1. The van der Waals surface area contributed by atoms with Crippen LogP contribution in [0.5, 0.6) is 0 Å². The number of aromatic nitrogens is 1. The molecule has 0 bridgehead atoms. The number of ether oxygens (including phenoxy) is 1. The van der Waals surface area contributed by atoms with Crippen LogP contribution in [0.1, 0.15) is 11.3 Å². The molecule has 1 aliphatic heterocycles. The van der Waals surface area contributed by atoms with E-state index in [2.05, 4.69) is 20.2 Å². The Morgan fingerprint density at radius 2 is 1.96 bits per heavy atom. The zero-order chi connectivity index (χ0) is 17.6. The van der Waals surface area contributed by atoms with Crippen molar-refractivity contribution in [1.29, 1.82) is 5.41 Å². The van der Waals surface area contributed by atoms with Crippen LogP contribution in [-0.2, 0) is 4.74 Å². The van der Waals surface area contributed by atoms with E-state index in [0.29, 0.717) is 24.5 Å². The van der Waals surface area contributed by atoms with Crippen molar-refractivity contribution in [1.82, 2.24) is 9.88 Å². The summed E-state index contributed by atoms with van der Waals surface area (Å²) >= 11 is 0. The molecule has 1 aromatic heterocycles. The lowest BCUT2D eigenvalue weighted by Gasteiger charge is -2.29. The number of primary amides is 1. The molecule has 1 saturated heterocycles. The number of amides is 2. The van der Waals surface area contributed by atoms with Crippen molar-refractivity contribution in [2.75, 3.05) is 31.6 Å². The second-order valence-corrected chi connectivity index (χ2v) is 5.53. The summed E-state index contributed by atoms with van der Waals surface area (Å²) in [4.78, 5) is 20.7. The minimum Gasteiger partial charge on any atom is -0.378 e. The molecule has 0 spiro atoms. The number of nitrogens with two attached hydrogens (primary N) is 1. The number of morpholine rings is 1. The Morgan fingerprint density at radius 3 is 2.56 bits per heavy atom. The third kappa shape index (κ3) is 4.24. The smallest absolute Gasteiger partial charge is 0.316 e. The molecular weight excluding hydrogens is 320 g/mol. The maximum absolute atomic E-state index is 10.9. The molecule has 3 rings (SSSR count). The van der Waals surface area contributed by atoms with E-state index in [1.54, 1.807) is 24.3 Å². The molecule has 1 fully saturated rings. The molecule has 1 aromatic carbocycles. The van der Waals surface area contributed by atoms with Gasteiger partial charge >= 0.3 is 6.03 Å². The van der Waals surface area contributed by atoms with E-state index >= 15 is 0 Å². The summed E-state index contributed by atoms with van der Waals surface area (Å²) in [6.45, 7) is 2.74. The van der Waals surface area contributed by atoms with Gasteiger partial charge in [-0.05, 0) is 36.4 Å². The Balaban J connectivity index is 1.83. The average Bonchev–Trinajstić information content (AvgIpc) is 3.14. The van der Waals surface area contributed by atoms with E-state index in [1.807, 2.05) is 18.3 Å². The molecule has 0 radical (unpaired) electrons. The molecule has 0 atom stereocenters. The fourth-order valence-corrected chi connectivity index (χ4v) is 2.57. The SMILES string of the molecule is N=C(N=C(c1ccc[nH]1)N1CCOCC1)c1ccc(NC(N)=O)cc1. The molecule has 8 nitrogen and oxygen atoms in total. The second-order valence-electron chi connectivity index (χ2n) is 5.53. The van der Waals surface area contributed by atoms with Crippen molar-refractivity contribution in [2.45, 2.75) is 0 Å². The fourth-order valence-electron chi connectivity index (χ4n) is 2.57. The summed E-state index contributed by atoms with van der Waals surface area (Å²) in [7, 11) is 0. The predicted molar refractivity (Wildman–Crippen MR) is 96.2 cm³/mol. The summed E-state index contributed by atoms with van der Waals surface area (Å²) < 4.78 is 5.40. The number of benzene rings is 1. The Labute approximate surface area is 145 Å². The Kier molecular flexibility index (Phi) is 5.10. The maximum atomic E-state index is 10.9. The van der Waals surface area contributed by atoms with Crippen molar-refractivity contribution < 1.29 is 9.53 Å². The number of anilines is 1. The first-order valence-corrected chi connectivity index (χ1v) is 7.94. The monoisotopic (exact) mass is 340 g/mol. The van der Waals surface area contributed by atoms with Gasteiger partial charge < -0.3 is 25.7 Å². The second kappa shape index (κ2) is 7.63. The van der Waals surface area contributed by atoms with Crippen LogP contribution in [0, 0.1) is 5.41 Å². The van der Waals surface area contributed by atoms with Crippen molar-refractivity contribution in [3.8, 4) is 0 Å². The molecule has 2 amide bonds. The molecule has 25 heavy (non-hydrogen) atoms. The minimum atomic E-state index is -0.623. The van der Waals surface area contributed by atoms with Crippen molar-refractivity contribution in [3.05, 3.63) is 53.9 Å². The van der Waals surface area contributed by atoms with Crippen molar-refractivity contribution in [3.63, 3.8) is 0 Å². The molecule has 5 N–H and O–H groups in total. The van der Waals surface area contributed by atoms with Crippen molar-refractivity contribution >= 4 is 23.4 Å². The summed E-state index contributed by atoms with van der Waals surface area (Å²) in [6, 6.07) is 10.0. The highest BCUT2D eigenvalue weighted by atomic mass is 16.5. The van der Waals surface area contributed by atoms with Gasteiger partial charge in [-0.3, -0.25) is 5.41 Å². The summed E-state index contributed by atoms with van der Waals surface area (Å²) in [5, 5.41) is 10.8. The summed E-state index contributed by atoms with van der Waals surface area (Å²) in [6.07, 6.45) is 1.83.